The number of hydrogen-bond donors (Lipinski definition) is 1. The first-order valence-electron chi connectivity index (χ1n) is 10.0. The molecule has 0 aromatic heterocycles. The largest absolute Gasteiger partial charge is 0.419 e. The number of hydrogen-bond acceptors (Lipinski definition) is 3. The molecule has 0 saturated carbocycles. The molecular formula is C23H23F4NO3S. The number of aryl methyl sites for hydroxylation is 1. The Labute approximate surface area is 189 Å². The van der Waals surface area contributed by atoms with Crippen LogP contribution in [-0.4, -0.2) is 34.8 Å². The lowest BCUT2D eigenvalue weighted by atomic mass is 9.70. The van der Waals surface area contributed by atoms with Crippen molar-refractivity contribution in [3.63, 3.8) is 0 Å². The van der Waals surface area contributed by atoms with Crippen molar-refractivity contribution in [3.05, 3.63) is 70.0 Å². The van der Waals surface area contributed by atoms with Gasteiger partial charge in [-0.1, -0.05) is 18.2 Å². The SMILES string of the molecule is O=C(CO)c1ccc2c(c1)C[C@@]1(CC2)CCN(Cc2ccc(C(F)(F)F)c(F)c2)C1=O.S. The summed E-state index contributed by atoms with van der Waals surface area (Å²) in [7, 11) is 0. The van der Waals surface area contributed by atoms with Gasteiger partial charge in [0.05, 0.1) is 11.0 Å². The highest BCUT2D eigenvalue weighted by Crippen LogP contribution is 2.44. The van der Waals surface area contributed by atoms with E-state index in [0.29, 0.717) is 49.4 Å². The molecule has 2 aromatic carbocycles. The lowest BCUT2D eigenvalue weighted by molar-refractivity contribution is -0.140. The van der Waals surface area contributed by atoms with E-state index in [2.05, 4.69) is 0 Å². The number of aliphatic hydroxyl groups excluding tert-OH is 1. The van der Waals surface area contributed by atoms with Crippen LogP contribution in [0.5, 0.6) is 0 Å². The van der Waals surface area contributed by atoms with Crippen LogP contribution in [0.2, 0.25) is 0 Å². The van der Waals surface area contributed by atoms with Crippen LogP contribution in [0.3, 0.4) is 0 Å². The first-order valence-corrected chi connectivity index (χ1v) is 10.0. The number of fused-ring (bicyclic) bond motifs is 1. The molecule has 1 saturated heterocycles. The third-order valence-electron chi connectivity index (χ3n) is 6.39. The lowest BCUT2D eigenvalue weighted by Gasteiger charge is -2.33. The molecule has 0 radical (unpaired) electrons. The van der Waals surface area contributed by atoms with E-state index < -0.39 is 29.6 Å². The zero-order valence-corrected chi connectivity index (χ0v) is 18.1. The number of alkyl halides is 3. The van der Waals surface area contributed by atoms with E-state index in [-0.39, 0.29) is 31.7 Å². The fourth-order valence-corrected chi connectivity index (χ4v) is 4.67. The van der Waals surface area contributed by atoms with E-state index in [1.807, 2.05) is 6.07 Å². The Morgan fingerprint density at radius 1 is 1.09 bits per heavy atom. The minimum atomic E-state index is -4.76. The molecule has 1 atom stereocenters. The van der Waals surface area contributed by atoms with Crippen molar-refractivity contribution < 1.29 is 32.3 Å². The van der Waals surface area contributed by atoms with Gasteiger partial charge >= 0.3 is 6.18 Å². The van der Waals surface area contributed by atoms with Gasteiger partial charge in [-0.15, -0.1) is 0 Å². The number of halogens is 4. The Morgan fingerprint density at radius 2 is 1.84 bits per heavy atom. The molecule has 1 amide bonds. The van der Waals surface area contributed by atoms with E-state index in [1.165, 1.54) is 6.07 Å². The number of Topliss-reactive ketones (excluding diaryl/α,β-unsaturated/α-hetero) is 1. The van der Waals surface area contributed by atoms with E-state index in [1.54, 1.807) is 17.0 Å². The van der Waals surface area contributed by atoms with Crippen LogP contribution < -0.4 is 0 Å². The fraction of sp³-hybridized carbons (Fsp3) is 0.391. The number of carbonyl (C=O) groups excluding carboxylic acids is 2. The van der Waals surface area contributed by atoms with Crippen LogP contribution in [0.15, 0.2) is 36.4 Å². The molecule has 1 N–H and O–H groups in total. The van der Waals surface area contributed by atoms with Crippen molar-refractivity contribution in [1.29, 1.82) is 0 Å². The predicted octanol–water partition coefficient (Wildman–Crippen LogP) is 4.04. The summed E-state index contributed by atoms with van der Waals surface area (Å²) < 4.78 is 52.2. The Hall–Kier alpha value is -2.39. The van der Waals surface area contributed by atoms with Crippen LogP contribution in [0.25, 0.3) is 0 Å². The number of carbonyl (C=O) groups is 2. The van der Waals surface area contributed by atoms with Crippen LogP contribution >= 0.6 is 13.5 Å². The number of rotatable bonds is 4. The molecule has 9 heteroatoms. The average molecular weight is 470 g/mol. The third-order valence-corrected chi connectivity index (χ3v) is 6.39. The van der Waals surface area contributed by atoms with Gasteiger partial charge in [0, 0.05) is 18.7 Å². The minimum Gasteiger partial charge on any atom is -0.388 e. The number of ketones is 1. The van der Waals surface area contributed by atoms with Crippen molar-refractivity contribution in [1.82, 2.24) is 4.90 Å². The molecular weight excluding hydrogens is 446 g/mol. The van der Waals surface area contributed by atoms with E-state index in [4.69, 9.17) is 5.11 Å². The van der Waals surface area contributed by atoms with Crippen LogP contribution in [0, 0.1) is 11.2 Å². The van der Waals surface area contributed by atoms with Crippen molar-refractivity contribution in [2.75, 3.05) is 13.2 Å². The summed E-state index contributed by atoms with van der Waals surface area (Å²) in [4.78, 5) is 26.6. The normalized spacial score (nSPS) is 20.3. The van der Waals surface area contributed by atoms with Gasteiger partial charge in [0.2, 0.25) is 5.91 Å². The molecule has 1 fully saturated rings. The molecule has 2 aliphatic rings. The molecule has 0 bridgehead atoms. The summed E-state index contributed by atoms with van der Waals surface area (Å²) in [6.07, 6.45) is -2.39. The lowest BCUT2D eigenvalue weighted by Crippen LogP contribution is -2.38. The first kappa shape index (κ1) is 24.3. The van der Waals surface area contributed by atoms with Crippen molar-refractivity contribution in [3.8, 4) is 0 Å². The second-order valence-corrected chi connectivity index (χ2v) is 8.31. The minimum absolute atomic E-state index is 0. The van der Waals surface area contributed by atoms with Crippen LogP contribution in [0.1, 0.15) is 45.5 Å². The maximum atomic E-state index is 13.9. The fourth-order valence-electron chi connectivity index (χ4n) is 4.67. The Morgan fingerprint density at radius 3 is 2.50 bits per heavy atom. The van der Waals surface area contributed by atoms with Gasteiger partial charge in [-0.25, -0.2) is 4.39 Å². The van der Waals surface area contributed by atoms with Crippen LogP contribution in [0.4, 0.5) is 17.6 Å². The topological polar surface area (TPSA) is 57.6 Å². The smallest absolute Gasteiger partial charge is 0.388 e. The highest BCUT2D eigenvalue weighted by atomic mass is 32.1. The van der Waals surface area contributed by atoms with E-state index >= 15 is 0 Å². The zero-order valence-electron chi connectivity index (χ0n) is 17.1. The third kappa shape index (κ3) is 4.41. The maximum Gasteiger partial charge on any atom is 0.419 e. The molecule has 172 valence electrons. The molecule has 4 nitrogen and oxygen atoms in total. The molecule has 1 aliphatic heterocycles. The second-order valence-electron chi connectivity index (χ2n) is 8.31. The summed E-state index contributed by atoms with van der Waals surface area (Å²) in [5.74, 6) is -1.83. The van der Waals surface area contributed by atoms with Gasteiger partial charge < -0.3 is 10.0 Å². The second kappa shape index (κ2) is 8.86. The highest BCUT2D eigenvalue weighted by molar-refractivity contribution is 7.59. The van der Waals surface area contributed by atoms with Gasteiger partial charge in [-0.2, -0.15) is 26.7 Å². The van der Waals surface area contributed by atoms with E-state index in [0.717, 1.165) is 17.2 Å². The number of likely N-dealkylation sites (tertiary alicyclic amines) is 1. The summed E-state index contributed by atoms with van der Waals surface area (Å²) >= 11 is 0. The standard InChI is InChI=1S/C23H21F4NO3.H2S/c24-19-9-14(1-4-18(19)23(25,26)27)12-28-8-7-22(21(28)31)6-5-15-2-3-16(20(30)13-29)10-17(15)11-22;/h1-4,9-10,29H,5-8,11-13H2;1H2/t22-;/m1./s1. The predicted molar refractivity (Wildman–Crippen MR) is 114 cm³/mol. The highest BCUT2D eigenvalue weighted by Gasteiger charge is 2.48. The van der Waals surface area contributed by atoms with Crippen molar-refractivity contribution in [2.45, 2.75) is 38.4 Å². The van der Waals surface area contributed by atoms with E-state index in [9.17, 15) is 27.2 Å². The first-order chi connectivity index (χ1) is 14.6. The average Bonchev–Trinajstić information content (AvgIpc) is 3.01. The monoisotopic (exact) mass is 469 g/mol. The summed E-state index contributed by atoms with van der Waals surface area (Å²) in [6, 6.07) is 8.01. The number of amides is 1. The number of nitrogens with zero attached hydrogens (tertiary/aromatic N) is 1. The molecule has 1 aliphatic carbocycles. The van der Waals surface area contributed by atoms with Crippen LogP contribution in [-0.2, 0) is 30.4 Å². The van der Waals surface area contributed by atoms with Gasteiger partial charge in [0.15, 0.2) is 5.78 Å². The Bertz CT molecular complexity index is 1060. The Balaban J connectivity index is 0.00000289. The summed E-state index contributed by atoms with van der Waals surface area (Å²) in [6.45, 7) is -0.0993. The maximum absolute atomic E-state index is 13.9. The summed E-state index contributed by atoms with van der Waals surface area (Å²) in [5, 5.41) is 9.10. The summed E-state index contributed by atoms with van der Waals surface area (Å²) in [5.41, 5.74) is 0.733. The van der Waals surface area contributed by atoms with Gasteiger partial charge in [-0.05, 0) is 60.6 Å². The molecule has 0 unspecified atom stereocenters. The van der Waals surface area contributed by atoms with Gasteiger partial charge in [-0.3, -0.25) is 9.59 Å². The zero-order chi connectivity index (χ0) is 22.4. The number of aliphatic hydroxyl groups is 1. The van der Waals surface area contributed by atoms with Gasteiger partial charge in [0.1, 0.15) is 12.4 Å². The molecule has 2 aromatic rings. The Kier molecular flexibility index (Phi) is 6.72. The van der Waals surface area contributed by atoms with Crippen molar-refractivity contribution >= 4 is 25.2 Å². The number of benzene rings is 2. The quantitative estimate of drug-likeness (QED) is 0.543. The molecule has 4 rings (SSSR count). The molecule has 1 heterocycles. The molecule has 32 heavy (non-hydrogen) atoms. The van der Waals surface area contributed by atoms with Crippen molar-refractivity contribution in [2.24, 2.45) is 5.41 Å². The molecule has 1 spiro atoms. The van der Waals surface area contributed by atoms with Gasteiger partial charge in [0.25, 0.3) is 0 Å².